The van der Waals surface area contributed by atoms with Gasteiger partial charge in [0.2, 0.25) is 0 Å². The zero-order valence-electron chi connectivity index (χ0n) is 31.5. The Morgan fingerprint density at radius 2 is 0.816 bits per heavy atom. The maximum Gasteiger partial charge on any atom is 0.334 e. The van der Waals surface area contributed by atoms with Crippen LogP contribution in [0.3, 0.4) is 0 Å². The molecule has 11 nitrogen and oxygen atoms in total. The van der Waals surface area contributed by atoms with E-state index in [1.54, 1.807) is 0 Å². The molecular weight excluding hydrogens is 670 g/mol. The normalized spacial score (nSPS) is 13.1. The molecule has 0 amide bonds. The molecule has 0 spiro atoms. The lowest BCUT2D eigenvalue weighted by Crippen LogP contribution is -2.39. The molecule has 0 unspecified atom stereocenters. The van der Waals surface area contributed by atoms with E-state index in [0.717, 1.165) is 22.3 Å². The zero-order valence-corrected chi connectivity index (χ0v) is 33.3. The largest absolute Gasteiger partial charge is 0.480 e. The number of carboxylic acid groups (broad SMARTS) is 1. The van der Waals surface area contributed by atoms with Gasteiger partial charge in [-0.25, -0.2) is 4.31 Å². The fourth-order valence-electron chi connectivity index (χ4n) is 4.88. The second kappa shape index (κ2) is 18.3. The van der Waals surface area contributed by atoms with Gasteiger partial charge in [-0.1, -0.05) is 119 Å². The van der Waals surface area contributed by atoms with Crippen LogP contribution < -0.4 is 0 Å². The molecule has 9 N–H and O–H groups in total. The number of aliphatic carboxylic acids is 1. The summed E-state index contributed by atoms with van der Waals surface area (Å²) < 4.78 is 3.60. The molecule has 0 aliphatic heterocycles. The van der Waals surface area contributed by atoms with E-state index in [4.69, 9.17) is 40.0 Å². The molecule has 0 radical (unpaired) electrons. The van der Waals surface area contributed by atoms with Crippen molar-refractivity contribution in [2.45, 2.75) is 117 Å². The van der Waals surface area contributed by atoms with Crippen LogP contribution in [-0.2, 0) is 36.2 Å². The summed E-state index contributed by atoms with van der Waals surface area (Å²) in [7, 11) is -5.22. The van der Waals surface area contributed by atoms with Gasteiger partial charge in [0.25, 0.3) is 0 Å². The highest BCUT2D eigenvalue weighted by Gasteiger charge is 2.44. The molecule has 0 fully saturated rings. The molecular formula is C36H62O11P2. The molecule has 0 heterocycles. The lowest BCUT2D eigenvalue weighted by atomic mass is 9.65. The Labute approximate surface area is 295 Å². The molecule has 282 valence electrons. The minimum Gasteiger partial charge on any atom is -0.480 e. The summed E-state index contributed by atoms with van der Waals surface area (Å²) in [6.45, 7) is 26.5. The molecule has 2 aromatic carbocycles. The van der Waals surface area contributed by atoms with E-state index < -0.39 is 60.4 Å². The van der Waals surface area contributed by atoms with Crippen molar-refractivity contribution in [2.24, 2.45) is 5.41 Å². The first kappa shape index (κ1) is 47.4. The summed E-state index contributed by atoms with van der Waals surface area (Å²) in [5, 5.41) is 44.8. The number of aliphatic hydroxyl groups is 4. The molecule has 0 aliphatic carbocycles. The summed E-state index contributed by atoms with van der Waals surface area (Å²) in [5.41, 5.74) is 3.71. The van der Waals surface area contributed by atoms with Crippen LogP contribution in [0, 0.1) is 5.41 Å². The average Bonchev–Trinajstić information content (AvgIpc) is 2.95. The maximum absolute atomic E-state index is 13.1. The third-order valence-corrected chi connectivity index (χ3v) is 9.55. The van der Waals surface area contributed by atoms with Crippen LogP contribution in [0.1, 0.15) is 123 Å². The van der Waals surface area contributed by atoms with E-state index in [2.05, 4.69) is 124 Å². The van der Waals surface area contributed by atoms with Crippen molar-refractivity contribution in [1.29, 1.82) is 0 Å². The molecule has 0 atom stereocenters. The second-order valence-corrected chi connectivity index (χ2v) is 18.3. The molecule has 0 saturated carbocycles. The van der Waals surface area contributed by atoms with Gasteiger partial charge in [0, 0.05) is 0 Å². The number of rotatable bonds is 9. The van der Waals surface area contributed by atoms with Gasteiger partial charge in [-0.15, -0.1) is 0 Å². The van der Waals surface area contributed by atoms with Gasteiger partial charge in [-0.05, 0) is 62.0 Å². The van der Waals surface area contributed by atoms with E-state index >= 15 is 0 Å². The lowest BCUT2D eigenvalue weighted by molar-refractivity contribution is -0.141. The topological polar surface area (TPSA) is 208 Å². The van der Waals surface area contributed by atoms with E-state index in [-0.39, 0.29) is 21.7 Å². The molecule has 2 aromatic rings. The predicted molar refractivity (Wildman–Crippen MR) is 196 cm³/mol. The first-order valence-electron chi connectivity index (χ1n) is 16.0. The Balaban J connectivity index is 0.00000118. The number of benzene rings is 2. The molecule has 0 aliphatic rings. The molecule has 2 rings (SSSR count). The zero-order chi connectivity index (χ0) is 39.0. The van der Waals surface area contributed by atoms with Crippen molar-refractivity contribution >= 4 is 23.2 Å². The van der Waals surface area contributed by atoms with Gasteiger partial charge in [-0.2, -0.15) is 0 Å². The maximum atomic E-state index is 13.1. The minimum atomic E-state index is -2.61. The molecule has 13 heteroatoms. The second-order valence-electron chi connectivity index (χ2n) is 16.7. The highest BCUT2D eigenvalue weighted by Crippen LogP contribution is 2.45. The summed E-state index contributed by atoms with van der Waals surface area (Å²) in [6, 6.07) is 12.8. The fraction of sp³-hybridized carbons (Fsp3) is 0.639. The van der Waals surface area contributed by atoms with Crippen LogP contribution in [0.4, 0.5) is 0 Å². The molecule has 0 saturated heterocycles. The smallest absolute Gasteiger partial charge is 0.334 e. The number of carboxylic acids is 1. The van der Waals surface area contributed by atoms with Crippen molar-refractivity contribution in [2.75, 3.05) is 26.4 Å². The Kier molecular flexibility index (Phi) is 17.7. The Hall–Kier alpha value is -1.59. The van der Waals surface area contributed by atoms with E-state index in [1.165, 1.54) is 11.1 Å². The van der Waals surface area contributed by atoms with E-state index in [9.17, 15) is 9.90 Å². The van der Waals surface area contributed by atoms with Crippen molar-refractivity contribution < 1.29 is 54.2 Å². The first-order valence-corrected chi connectivity index (χ1v) is 18.3. The molecule has 49 heavy (non-hydrogen) atoms. The third kappa shape index (κ3) is 13.5. The van der Waals surface area contributed by atoms with Gasteiger partial charge in [0.15, 0.2) is 0 Å². The number of aliphatic hydroxyl groups excluding tert-OH is 4. The van der Waals surface area contributed by atoms with Crippen LogP contribution >= 0.6 is 17.2 Å². The van der Waals surface area contributed by atoms with Gasteiger partial charge >= 0.3 is 23.2 Å². The van der Waals surface area contributed by atoms with E-state index in [0.29, 0.717) is 0 Å². The van der Waals surface area contributed by atoms with Gasteiger partial charge in [0.1, 0.15) is 5.41 Å². The first-order chi connectivity index (χ1) is 22.0. The predicted octanol–water partition coefficient (Wildman–Crippen LogP) is 5.64. The SMILES string of the molecule is CC(C)(C)c1ccc(C(C)(C(=O)O)c2ccc(C(C)(C)C)cc2C(C)(C)C)c(C(C)(C)C)c1.OCC(CO)(CO)CO.OP(O)OP(O)O. The quantitative estimate of drug-likeness (QED) is 0.144. The van der Waals surface area contributed by atoms with Crippen molar-refractivity contribution in [3.05, 3.63) is 69.8 Å². The van der Waals surface area contributed by atoms with Crippen LogP contribution in [0.25, 0.3) is 0 Å². The van der Waals surface area contributed by atoms with Gasteiger partial charge in [0.05, 0.1) is 31.8 Å². The van der Waals surface area contributed by atoms with Crippen molar-refractivity contribution in [3.8, 4) is 0 Å². The van der Waals surface area contributed by atoms with Gasteiger partial charge in [-0.3, -0.25) is 4.79 Å². The van der Waals surface area contributed by atoms with Crippen LogP contribution in [0.5, 0.6) is 0 Å². The average molecular weight is 733 g/mol. The molecule has 0 aromatic heterocycles. The fourth-order valence-corrected chi connectivity index (χ4v) is 5.40. The molecule has 0 bridgehead atoms. The highest BCUT2D eigenvalue weighted by atomic mass is 31.2. The monoisotopic (exact) mass is 732 g/mol. The lowest BCUT2D eigenvalue weighted by Gasteiger charge is -2.38. The Morgan fingerprint density at radius 3 is 0.959 bits per heavy atom. The van der Waals surface area contributed by atoms with Crippen molar-refractivity contribution in [1.82, 2.24) is 0 Å². The number of carbonyl (C=O) groups is 1. The number of hydrogen-bond donors (Lipinski definition) is 9. The van der Waals surface area contributed by atoms with Crippen LogP contribution in [0.2, 0.25) is 0 Å². The highest BCUT2D eigenvalue weighted by molar-refractivity contribution is 7.53. The third-order valence-electron chi connectivity index (χ3n) is 8.38. The minimum absolute atomic E-state index is 0.0108. The summed E-state index contributed by atoms with van der Waals surface area (Å²) in [6.07, 6.45) is 0. The standard InChI is InChI=1S/C31H46O2.C5H12O4.H4O5P2/c1-27(2,3)20-14-16-22(24(18-20)29(7,8)9)31(13,26(32)33)23-17-15-21(28(4,5)6)19-25(23)30(10,11)12;6-1-5(2-7,3-8)4-9;1-6(2)5-7(3)4/h14-19H,1-13H3,(H,32,33);6-9H,1-4H2;1-4H. The summed E-state index contributed by atoms with van der Waals surface area (Å²) in [5.74, 6) is -0.814. The van der Waals surface area contributed by atoms with Crippen molar-refractivity contribution in [3.63, 3.8) is 0 Å². The Bertz CT molecular complexity index is 1230. The van der Waals surface area contributed by atoms with E-state index in [1.807, 2.05) is 6.92 Å². The van der Waals surface area contributed by atoms with Gasteiger partial charge < -0.3 is 45.1 Å². The Morgan fingerprint density at radius 1 is 0.531 bits per heavy atom. The summed E-state index contributed by atoms with van der Waals surface area (Å²) in [4.78, 5) is 44.4. The number of hydrogen-bond acceptors (Lipinski definition) is 10. The van der Waals surface area contributed by atoms with Crippen LogP contribution in [-0.4, -0.2) is 77.5 Å². The van der Waals surface area contributed by atoms with Crippen LogP contribution in [0.15, 0.2) is 36.4 Å². The summed E-state index contributed by atoms with van der Waals surface area (Å²) >= 11 is 0.